The van der Waals surface area contributed by atoms with Crippen LogP contribution >= 0.6 is 0 Å². The molecule has 2 rings (SSSR count). The Morgan fingerprint density at radius 2 is 2.14 bits per heavy atom. The summed E-state index contributed by atoms with van der Waals surface area (Å²) in [7, 11) is 0. The third kappa shape index (κ3) is 4.44. The number of hydrogen-bond donors (Lipinski definition) is 2. The number of hydrogen-bond acceptors (Lipinski definition) is 4. The number of nitrogens with one attached hydrogen (secondary N) is 1. The van der Waals surface area contributed by atoms with Gasteiger partial charge in [0.05, 0.1) is 6.20 Å². The summed E-state index contributed by atoms with van der Waals surface area (Å²) in [6, 6.07) is -0.736. The number of nitrogens with zero attached hydrogens (tertiary/aromatic N) is 4. The van der Waals surface area contributed by atoms with Crippen LogP contribution in [0.15, 0.2) is 12.4 Å². The van der Waals surface area contributed by atoms with Crippen molar-refractivity contribution < 1.29 is 14.7 Å². The summed E-state index contributed by atoms with van der Waals surface area (Å²) < 4.78 is 1.59. The lowest BCUT2D eigenvalue weighted by Gasteiger charge is -2.33. The first-order valence-corrected chi connectivity index (χ1v) is 7.18. The molecule has 1 aliphatic rings. The Morgan fingerprint density at radius 1 is 1.43 bits per heavy atom. The van der Waals surface area contributed by atoms with E-state index in [1.54, 1.807) is 22.0 Å². The maximum atomic E-state index is 12.5. The van der Waals surface area contributed by atoms with Gasteiger partial charge in [-0.25, -0.2) is 4.79 Å². The summed E-state index contributed by atoms with van der Waals surface area (Å²) >= 11 is 0. The van der Waals surface area contributed by atoms with Gasteiger partial charge >= 0.3 is 6.09 Å². The summed E-state index contributed by atoms with van der Waals surface area (Å²) in [5.74, 6) is 0.472. The molecule has 8 heteroatoms. The van der Waals surface area contributed by atoms with Gasteiger partial charge in [-0.05, 0) is 25.2 Å². The van der Waals surface area contributed by atoms with Crippen LogP contribution in [0, 0.1) is 5.92 Å². The lowest BCUT2D eigenvalue weighted by Crippen LogP contribution is -2.50. The van der Waals surface area contributed by atoms with Crippen LogP contribution in [0.1, 0.15) is 26.2 Å². The zero-order chi connectivity index (χ0) is 15.2. The van der Waals surface area contributed by atoms with Gasteiger partial charge in [0, 0.05) is 25.8 Å². The predicted molar refractivity (Wildman–Crippen MR) is 74.6 cm³/mol. The zero-order valence-electron chi connectivity index (χ0n) is 12.1. The van der Waals surface area contributed by atoms with Gasteiger partial charge in [0.25, 0.3) is 0 Å². The molecular weight excluding hydrogens is 274 g/mol. The molecule has 116 valence electrons. The number of aryl methyl sites for hydroxylation is 1. The first-order chi connectivity index (χ1) is 10.1. The maximum absolute atomic E-state index is 12.5. The van der Waals surface area contributed by atoms with Crippen LogP contribution in [0.3, 0.4) is 0 Å². The topological polar surface area (TPSA) is 100 Å². The Bertz CT molecular complexity index is 468. The second-order valence-electron chi connectivity index (χ2n) is 5.46. The molecule has 21 heavy (non-hydrogen) atoms. The average molecular weight is 295 g/mol. The van der Waals surface area contributed by atoms with E-state index in [4.69, 9.17) is 5.11 Å². The highest BCUT2D eigenvalue weighted by molar-refractivity contribution is 5.85. The summed E-state index contributed by atoms with van der Waals surface area (Å²) in [6.07, 6.45) is 4.35. The number of carbonyl (C=O) groups is 2. The van der Waals surface area contributed by atoms with Gasteiger partial charge in [-0.3, -0.25) is 9.48 Å². The minimum absolute atomic E-state index is 0.149. The molecule has 1 aromatic heterocycles. The molecule has 1 fully saturated rings. The van der Waals surface area contributed by atoms with Gasteiger partial charge in [-0.2, -0.15) is 0 Å². The van der Waals surface area contributed by atoms with Crippen molar-refractivity contribution in [1.29, 1.82) is 0 Å². The molecule has 0 saturated carbocycles. The van der Waals surface area contributed by atoms with E-state index >= 15 is 0 Å². The highest BCUT2D eigenvalue weighted by atomic mass is 16.4. The monoisotopic (exact) mass is 295 g/mol. The van der Waals surface area contributed by atoms with Gasteiger partial charge in [0.2, 0.25) is 5.91 Å². The summed E-state index contributed by atoms with van der Waals surface area (Å²) in [5.41, 5.74) is 0. The minimum atomic E-state index is -1.18. The van der Waals surface area contributed by atoms with Crippen LogP contribution in [0.2, 0.25) is 0 Å². The van der Waals surface area contributed by atoms with Crippen molar-refractivity contribution in [3.63, 3.8) is 0 Å². The fourth-order valence-corrected chi connectivity index (χ4v) is 2.47. The van der Waals surface area contributed by atoms with Crippen LogP contribution in [-0.4, -0.2) is 56.1 Å². The van der Waals surface area contributed by atoms with Crippen molar-refractivity contribution in [2.75, 3.05) is 13.1 Å². The Balaban J connectivity index is 1.94. The van der Waals surface area contributed by atoms with Crippen molar-refractivity contribution in [3.8, 4) is 0 Å². The molecule has 1 unspecified atom stereocenters. The molecular formula is C13H21N5O3. The van der Waals surface area contributed by atoms with Gasteiger partial charge in [0.1, 0.15) is 6.04 Å². The van der Waals surface area contributed by atoms with Crippen molar-refractivity contribution in [1.82, 2.24) is 25.2 Å². The number of rotatable bonds is 5. The molecule has 2 N–H and O–H groups in total. The van der Waals surface area contributed by atoms with Crippen molar-refractivity contribution in [3.05, 3.63) is 12.4 Å². The fraction of sp³-hybridized carbons (Fsp3) is 0.692. The number of carbonyl (C=O) groups excluding carboxylic acids is 1. The maximum Gasteiger partial charge on any atom is 0.405 e. The zero-order valence-corrected chi connectivity index (χ0v) is 12.1. The number of aromatic nitrogens is 3. The lowest BCUT2D eigenvalue weighted by molar-refractivity contribution is -0.134. The third-order valence-electron chi connectivity index (χ3n) is 3.81. The normalized spacial score (nSPS) is 17.5. The van der Waals surface area contributed by atoms with E-state index in [1.807, 2.05) is 0 Å². The molecule has 1 aromatic rings. The molecule has 0 radical (unpaired) electrons. The highest BCUT2D eigenvalue weighted by Crippen LogP contribution is 2.17. The fourth-order valence-electron chi connectivity index (χ4n) is 2.47. The molecule has 1 aliphatic heterocycles. The van der Waals surface area contributed by atoms with E-state index in [-0.39, 0.29) is 5.91 Å². The van der Waals surface area contributed by atoms with Crippen LogP contribution in [0.5, 0.6) is 0 Å². The number of amides is 2. The van der Waals surface area contributed by atoms with E-state index < -0.39 is 12.1 Å². The quantitative estimate of drug-likeness (QED) is 0.827. The van der Waals surface area contributed by atoms with Crippen molar-refractivity contribution >= 4 is 12.0 Å². The van der Waals surface area contributed by atoms with Crippen LogP contribution < -0.4 is 5.32 Å². The van der Waals surface area contributed by atoms with Crippen molar-refractivity contribution in [2.24, 2.45) is 5.92 Å². The van der Waals surface area contributed by atoms with Gasteiger partial charge in [-0.15, -0.1) is 5.10 Å². The molecule has 0 bridgehead atoms. The number of piperidine rings is 1. The molecule has 1 atom stereocenters. The molecule has 0 aliphatic carbocycles. The summed E-state index contributed by atoms with van der Waals surface area (Å²) in [5, 5.41) is 18.7. The highest BCUT2D eigenvalue weighted by Gasteiger charge is 2.28. The molecule has 2 heterocycles. The minimum Gasteiger partial charge on any atom is -0.465 e. The van der Waals surface area contributed by atoms with Crippen LogP contribution in [0.4, 0.5) is 4.79 Å². The average Bonchev–Trinajstić information content (AvgIpc) is 2.96. The first-order valence-electron chi connectivity index (χ1n) is 7.18. The van der Waals surface area contributed by atoms with Gasteiger partial charge < -0.3 is 15.3 Å². The van der Waals surface area contributed by atoms with Crippen LogP contribution in [-0.2, 0) is 11.3 Å². The van der Waals surface area contributed by atoms with E-state index in [2.05, 4.69) is 22.6 Å². The van der Waals surface area contributed by atoms with E-state index in [0.29, 0.717) is 32.0 Å². The second-order valence-corrected chi connectivity index (χ2v) is 5.46. The van der Waals surface area contributed by atoms with E-state index in [1.165, 1.54) is 0 Å². The Morgan fingerprint density at radius 3 is 2.71 bits per heavy atom. The summed E-state index contributed by atoms with van der Waals surface area (Å²) in [6.45, 7) is 4.00. The molecule has 0 aromatic carbocycles. The summed E-state index contributed by atoms with van der Waals surface area (Å²) in [4.78, 5) is 25.1. The SMILES string of the molecule is CC1CCN(C(=O)C(CCn2ccnn2)NC(=O)O)CC1. The molecule has 1 saturated heterocycles. The smallest absolute Gasteiger partial charge is 0.405 e. The van der Waals surface area contributed by atoms with Gasteiger partial charge in [-0.1, -0.05) is 12.1 Å². The van der Waals surface area contributed by atoms with E-state index in [9.17, 15) is 9.59 Å². The molecule has 2 amide bonds. The van der Waals surface area contributed by atoms with E-state index in [0.717, 1.165) is 12.8 Å². The van der Waals surface area contributed by atoms with Crippen molar-refractivity contribution in [2.45, 2.75) is 38.8 Å². The Labute approximate surface area is 123 Å². The van der Waals surface area contributed by atoms with Crippen LogP contribution in [0.25, 0.3) is 0 Å². The molecule has 0 spiro atoms. The number of carboxylic acid groups (broad SMARTS) is 1. The molecule has 8 nitrogen and oxygen atoms in total. The lowest BCUT2D eigenvalue weighted by atomic mass is 9.98. The van der Waals surface area contributed by atoms with Gasteiger partial charge in [0.15, 0.2) is 0 Å². The second kappa shape index (κ2) is 7.05. The third-order valence-corrected chi connectivity index (χ3v) is 3.81. The first kappa shape index (κ1) is 15.3. The Kier molecular flexibility index (Phi) is 5.13. The standard InChI is InChI=1S/C13H21N5O3/c1-10-2-6-17(7-3-10)12(19)11(15-13(20)21)4-8-18-9-5-14-16-18/h5,9-11,15H,2-4,6-8H2,1H3,(H,20,21). The largest absolute Gasteiger partial charge is 0.465 e. The predicted octanol–water partition coefficient (Wildman–Crippen LogP) is 0.563. The Hall–Kier alpha value is -2.12. The number of likely N-dealkylation sites (tertiary alicyclic amines) is 1.